The lowest BCUT2D eigenvalue weighted by atomic mass is 10.2. The molecule has 0 aliphatic rings. The van der Waals surface area contributed by atoms with Crippen LogP contribution in [0, 0.1) is 16.0 Å². The Hall–Kier alpha value is -2.28. The molecule has 0 atom stereocenters. The van der Waals surface area contributed by atoms with E-state index in [-0.39, 0.29) is 5.69 Å². The summed E-state index contributed by atoms with van der Waals surface area (Å²) in [5.41, 5.74) is 1.93. The normalized spacial score (nSPS) is 11.0. The third-order valence-corrected chi connectivity index (χ3v) is 2.94. The summed E-state index contributed by atoms with van der Waals surface area (Å²) in [4.78, 5) is 10.2. The first-order chi connectivity index (χ1) is 10.0. The summed E-state index contributed by atoms with van der Waals surface area (Å²) in [6.45, 7) is 6.49. The molecule has 0 fully saturated rings. The number of aromatic nitrogens is 3. The van der Waals surface area contributed by atoms with Crippen molar-refractivity contribution in [3.8, 4) is 0 Å². The van der Waals surface area contributed by atoms with Gasteiger partial charge in [0.05, 0.1) is 23.4 Å². The van der Waals surface area contributed by atoms with Gasteiger partial charge in [0, 0.05) is 18.7 Å². The number of nitro groups is 1. The lowest BCUT2D eigenvalue weighted by Crippen LogP contribution is -2.19. The molecule has 0 amide bonds. The van der Waals surface area contributed by atoms with E-state index in [1.165, 1.54) is 12.1 Å². The topological polar surface area (TPSA) is 85.9 Å². The molecule has 0 unspecified atom stereocenters. The third kappa shape index (κ3) is 4.64. The molecule has 1 heterocycles. The number of non-ortho nitro benzene ring substituents is 1. The van der Waals surface area contributed by atoms with Crippen molar-refractivity contribution >= 4 is 5.69 Å². The third-order valence-electron chi connectivity index (χ3n) is 2.94. The molecule has 0 radical (unpaired) electrons. The highest BCUT2D eigenvalue weighted by atomic mass is 16.6. The van der Waals surface area contributed by atoms with Crippen molar-refractivity contribution in [1.82, 2.24) is 20.3 Å². The van der Waals surface area contributed by atoms with Crippen molar-refractivity contribution in [1.29, 1.82) is 0 Å². The molecule has 2 aromatic rings. The molecule has 1 N–H and O–H groups in total. The van der Waals surface area contributed by atoms with Crippen LogP contribution in [-0.2, 0) is 13.1 Å². The van der Waals surface area contributed by atoms with Crippen LogP contribution in [0.3, 0.4) is 0 Å². The summed E-state index contributed by atoms with van der Waals surface area (Å²) >= 11 is 0. The van der Waals surface area contributed by atoms with Crippen LogP contribution in [0.1, 0.15) is 25.1 Å². The monoisotopic (exact) mass is 289 g/mol. The Kier molecular flexibility index (Phi) is 4.99. The van der Waals surface area contributed by atoms with Gasteiger partial charge in [-0.15, -0.1) is 5.10 Å². The quantitative estimate of drug-likeness (QED) is 0.622. The van der Waals surface area contributed by atoms with Crippen LogP contribution < -0.4 is 5.32 Å². The second-order valence-corrected chi connectivity index (χ2v) is 5.36. The molecule has 0 aliphatic heterocycles. The number of benzene rings is 1. The van der Waals surface area contributed by atoms with Crippen LogP contribution in [0.25, 0.3) is 0 Å². The van der Waals surface area contributed by atoms with E-state index in [4.69, 9.17) is 0 Å². The molecule has 1 aromatic heterocycles. The van der Waals surface area contributed by atoms with Crippen LogP contribution in [0.5, 0.6) is 0 Å². The van der Waals surface area contributed by atoms with Crippen LogP contribution in [-0.4, -0.2) is 26.5 Å². The van der Waals surface area contributed by atoms with Gasteiger partial charge in [0.25, 0.3) is 5.69 Å². The lowest BCUT2D eigenvalue weighted by molar-refractivity contribution is -0.384. The standard InChI is InChI=1S/C14H19N5O2/c1-11(2)7-15-8-13-10-18(17-16-13)9-12-3-5-14(6-4-12)19(20)21/h3-6,10-11,15H,7-9H2,1-2H3. The number of rotatable bonds is 7. The minimum Gasteiger partial charge on any atom is -0.311 e. The highest BCUT2D eigenvalue weighted by Crippen LogP contribution is 2.12. The van der Waals surface area contributed by atoms with E-state index < -0.39 is 4.92 Å². The van der Waals surface area contributed by atoms with Gasteiger partial charge in [0.2, 0.25) is 0 Å². The molecule has 1 aromatic carbocycles. The van der Waals surface area contributed by atoms with Crippen molar-refractivity contribution < 1.29 is 4.92 Å². The van der Waals surface area contributed by atoms with Gasteiger partial charge >= 0.3 is 0 Å². The highest BCUT2D eigenvalue weighted by molar-refractivity contribution is 5.32. The summed E-state index contributed by atoms with van der Waals surface area (Å²) < 4.78 is 1.73. The predicted molar refractivity (Wildman–Crippen MR) is 78.8 cm³/mol. The zero-order chi connectivity index (χ0) is 15.2. The minimum atomic E-state index is -0.405. The van der Waals surface area contributed by atoms with Crippen LogP contribution >= 0.6 is 0 Å². The molecule has 0 saturated carbocycles. The lowest BCUT2D eigenvalue weighted by Gasteiger charge is -2.04. The molecule has 2 rings (SSSR count). The maximum Gasteiger partial charge on any atom is 0.269 e. The summed E-state index contributed by atoms with van der Waals surface area (Å²) in [7, 11) is 0. The molecule has 0 aliphatic carbocycles. The van der Waals surface area contributed by atoms with Crippen LogP contribution in [0.15, 0.2) is 30.5 Å². The summed E-state index contributed by atoms with van der Waals surface area (Å²) in [6, 6.07) is 6.46. The maximum absolute atomic E-state index is 10.6. The van der Waals surface area contributed by atoms with E-state index in [0.29, 0.717) is 19.0 Å². The number of nitro benzene ring substituents is 1. The van der Waals surface area contributed by atoms with Crippen molar-refractivity contribution in [3.63, 3.8) is 0 Å². The fourth-order valence-corrected chi connectivity index (χ4v) is 1.90. The van der Waals surface area contributed by atoms with Crippen LogP contribution in [0.2, 0.25) is 0 Å². The van der Waals surface area contributed by atoms with Crippen molar-refractivity contribution in [2.45, 2.75) is 26.9 Å². The zero-order valence-corrected chi connectivity index (χ0v) is 12.2. The van der Waals surface area contributed by atoms with Gasteiger partial charge in [0.1, 0.15) is 0 Å². The fraction of sp³-hybridized carbons (Fsp3) is 0.429. The minimum absolute atomic E-state index is 0.0934. The first kappa shape index (κ1) is 15.1. The second kappa shape index (κ2) is 6.94. The second-order valence-electron chi connectivity index (χ2n) is 5.36. The molecular formula is C14H19N5O2. The Morgan fingerprint density at radius 1 is 1.33 bits per heavy atom. The van der Waals surface area contributed by atoms with E-state index in [0.717, 1.165) is 17.8 Å². The van der Waals surface area contributed by atoms with Gasteiger partial charge in [-0.3, -0.25) is 10.1 Å². The van der Waals surface area contributed by atoms with Crippen molar-refractivity contribution in [2.24, 2.45) is 5.92 Å². The molecule has 0 spiro atoms. The maximum atomic E-state index is 10.6. The van der Waals surface area contributed by atoms with E-state index >= 15 is 0 Å². The average molecular weight is 289 g/mol. The van der Waals surface area contributed by atoms with Crippen molar-refractivity contribution in [2.75, 3.05) is 6.54 Å². The fourth-order valence-electron chi connectivity index (χ4n) is 1.90. The van der Waals surface area contributed by atoms with Gasteiger partial charge in [-0.2, -0.15) is 0 Å². The van der Waals surface area contributed by atoms with Gasteiger partial charge in [0.15, 0.2) is 0 Å². The molecule has 112 valence electrons. The SMILES string of the molecule is CC(C)CNCc1cn(Cc2ccc([N+](=O)[O-])cc2)nn1. The van der Waals surface area contributed by atoms with Crippen LogP contribution in [0.4, 0.5) is 5.69 Å². The molecule has 0 saturated heterocycles. The molecular weight excluding hydrogens is 270 g/mol. The van der Waals surface area contributed by atoms with Gasteiger partial charge in [-0.25, -0.2) is 4.68 Å². The zero-order valence-electron chi connectivity index (χ0n) is 12.2. The summed E-state index contributed by atoms with van der Waals surface area (Å²) in [5.74, 6) is 0.597. The Bertz CT molecular complexity index is 592. The van der Waals surface area contributed by atoms with Gasteiger partial charge in [-0.1, -0.05) is 31.2 Å². The Labute approximate surface area is 123 Å². The van der Waals surface area contributed by atoms with Gasteiger partial charge < -0.3 is 5.32 Å². The van der Waals surface area contributed by atoms with Gasteiger partial charge in [-0.05, 0) is 18.0 Å². The van der Waals surface area contributed by atoms with E-state index in [2.05, 4.69) is 29.5 Å². The predicted octanol–water partition coefficient (Wildman–Crippen LogP) is 1.98. The van der Waals surface area contributed by atoms with E-state index in [1.807, 2.05) is 6.20 Å². The number of hydrogen-bond donors (Lipinski definition) is 1. The average Bonchev–Trinajstić information content (AvgIpc) is 2.86. The molecule has 7 nitrogen and oxygen atoms in total. The largest absolute Gasteiger partial charge is 0.311 e. The Morgan fingerprint density at radius 2 is 2.05 bits per heavy atom. The molecule has 21 heavy (non-hydrogen) atoms. The first-order valence-corrected chi connectivity index (χ1v) is 6.87. The smallest absolute Gasteiger partial charge is 0.269 e. The number of hydrogen-bond acceptors (Lipinski definition) is 5. The number of nitrogens with zero attached hydrogens (tertiary/aromatic N) is 4. The number of nitrogens with one attached hydrogen (secondary N) is 1. The Balaban J connectivity index is 1.91. The van der Waals surface area contributed by atoms with E-state index in [9.17, 15) is 10.1 Å². The first-order valence-electron chi connectivity index (χ1n) is 6.87. The summed E-state index contributed by atoms with van der Waals surface area (Å²) in [6.07, 6.45) is 1.88. The Morgan fingerprint density at radius 3 is 2.67 bits per heavy atom. The van der Waals surface area contributed by atoms with E-state index in [1.54, 1.807) is 16.8 Å². The summed E-state index contributed by atoms with van der Waals surface area (Å²) in [5, 5.41) is 22.1. The van der Waals surface area contributed by atoms with Crippen molar-refractivity contribution in [3.05, 3.63) is 51.8 Å². The molecule has 0 bridgehead atoms. The highest BCUT2D eigenvalue weighted by Gasteiger charge is 2.06. The molecule has 7 heteroatoms.